The second-order valence-electron chi connectivity index (χ2n) is 4.74. The topological polar surface area (TPSA) is 38.5 Å². The van der Waals surface area contributed by atoms with E-state index in [1.807, 2.05) is 0 Å². The highest BCUT2D eigenvalue weighted by Crippen LogP contribution is 2.22. The fourth-order valence-corrected chi connectivity index (χ4v) is 2.89. The molecular weight excluding hydrogens is 292 g/mol. The first kappa shape index (κ1) is 14.0. The van der Waals surface area contributed by atoms with Gasteiger partial charge in [0.1, 0.15) is 0 Å². The molecule has 0 aliphatic carbocycles. The van der Waals surface area contributed by atoms with Gasteiger partial charge in [0.05, 0.1) is 13.2 Å². The molecule has 1 aliphatic heterocycles. The van der Waals surface area contributed by atoms with Gasteiger partial charge in [-0.3, -0.25) is 4.90 Å². The zero-order chi connectivity index (χ0) is 13.0. The molecule has 2 rings (SSSR count). The molecule has 1 unspecified atom stereocenters. The molecule has 0 saturated carbocycles. The quantitative estimate of drug-likeness (QED) is 0.928. The maximum absolute atomic E-state index is 5.65. The van der Waals surface area contributed by atoms with Crippen molar-refractivity contribution in [3.05, 3.63) is 33.8 Å². The van der Waals surface area contributed by atoms with Gasteiger partial charge in [0.15, 0.2) is 0 Å². The van der Waals surface area contributed by atoms with Crippen LogP contribution in [-0.4, -0.2) is 30.7 Å². The van der Waals surface area contributed by atoms with Gasteiger partial charge in [0.25, 0.3) is 0 Å². The Hall–Kier alpha value is -0.420. The smallest absolute Gasteiger partial charge is 0.0622 e. The normalized spacial score (nSPS) is 21.2. The molecule has 0 radical (unpaired) electrons. The van der Waals surface area contributed by atoms with E-state index in [2.05, 4.69) is 46.0 Å². The van der Waals surface area contributed by atoms with Crippen LogP contribution in [-0.2, 0) is 17.8 Å². The third-order valence-corrected chi connectivity index (χ3v) is 4.29. The summed E-state index contributed by atoms with van der Waals surface area (Å²) in [7, 11) is 0. The van der Waals surface area contributed by atoms with Gasteiger partial charge in [0, 0.05) is 30.1 Å². The van der Waals surface area contributed by atoms with E-state index < -0.39 is 0 Å². The monoisotopic (exact) mass is 312 g/mol. The minimum absolute atomic E-state index is 0.542. The number of ether oxygens (including phenoxy) is 1. The standard InChI is InChI=1S/C14H21BrN2O/c1-2-13-10-18-6-5-17(13)9-12-4-3-11(8-16)7-14(12)15/h3-4,7,13H,2,5-6,8-10,16H2,1H3. The van der Waals surface area contributed by atoms with Gasteiger partial charge in [-0.25, -0.2) is 0 Å². The van der Waals surface area contributed by atoms with Crippen LogP contribution in [0.3, 0.4) is 0 Å². The number of benzene rings is 1. The molecular formula is C14H21BrN2O. The molecule has 1 heterocycles. The van der Waals surface area contributed by atoms with Gasteiger partial charge in [0.2, 0.25) is 0 Å². The molecule has 1 aromatic carbocycles. The van der Waals surface area contributed by atoms with Crippen LogP contribution in [0.25, 0.3) is 0 Å². The second-order valence-corrected chi connectivity index (χ2v) is 5.59. The number of nitrogens with zero attached hydrogens (tertiary/aromatic N) is 1. The van der Waals surface area contributed by atoms with Crippen molar-refractivity contribution in [2.45, 2.75) is 32.5 Å². The molecule has 2 N–H and O–H groups in total. The average molecular weight is 313 g/mol. The van der Waals surface area contributed by atoms with E-state index in [4.69, 9.17) is 10.5 Å². The fraction of sp³-hybridized carbons (Fsp3) is 0.571. The number of hydrogen-bond donors (Lipinski definition) is 1. The van der Waals surface area contributed by atoms with Crippen molar-refractivity contribution in [2.24, 2.45) is 5.73 Å². The van der Waals surface area contributed by atoms with Crippen molar-refractivity contribution in [3.63, 3.8) is 0 Å². The predicted octanol–water partition coefficient (Wildman–Crippen LogP) is 2.52. The minimum atomic E-state index is 0.542. The lowest BCUT2D eigenvalue weighted by Crippen LogP contribution is -2.44. The molecule has 0 spiro atoms. The van der Waals surface area contributed by atoms with Crippen LogP contribution < -0.4 is 5.73 Å². The van der Waals surface area contributed by atoms with E-state index in [-0.39, 0.29) is 0 Å². The fourth-order valence-electron chi connectivity index (χ4n) is 2.34. The number of halogens is 1. The largest absolute Gasteiger partial charge is 0.378 e. The van der Waals surface area contributed by atoms with Crippen LogP contribution in [0.5, 0.6) is 0 Å². The molecule has 0 aromatic heterocycles. The summed E-state index contributed by atoms with van der Waals surface area (Å²) < 4.78 is 6.70. The van der Waals surface area contributed by atoms with E-state index in [1.165, 1.54) is 11.1 Å². The molecule has 0 amide bonds. The Morgan fingerprint density at radius 2 is 2.33 bits per heavy atom. The summed E-state index contributed by atoms with van der Waals surface area (Å²) in [5, 5.41) is 0. The van der Waals surface area contributed by atoms with Gasteiger partial charge >= 0.3 is 0 Å². The second kappa shape index (κ2) is 6.66. The van der Waals surface area contributed by atoms with Gasteiger partial charge in [-0.15, -0.1) is 0 Å². The van der Waals surface area contributed by atoms with Crippen molar-refractivity contribution in [1.82, 2.24) is 4.90 Å². The maximum atomic E-state index is 5.65. The third kappa shape index (κ3) is 3.32. The molecule has 1 aliphatic rings. The summed E-state index contributed by atoms with van der Waals surface area (Å²) in [6.45, 7) is 6.51. The summed E-state index contributed by atoms with van der Waals surface area (Å²) in [4.78, 5) is 2.51. The first-order valence-electron chi connectivity index (χ1n) is 6.53. The highest BCUT2D eigenvalue weighted by Gasteiger charge is 2.21. The summed E-state index contributed by atoms with van der Waals surface area (Å²) in [5.41, 5.74) is 8.14. The Labute approximate surface area is 117 Å². The molecule has 100 valence electrons. The number of morpholine rings is 1. The number of nitrogens with two attached hydrogens (primary N) is 1. The zero-order valence-electron chi connectivity index (χ0n) is 10.9. The Balaban J connectivity index is 2.07. The molecule has 1 atom stereocenters. The van der Waals surface area contributed by atoms with Gasteiger partial charge in [-0.05, 0) is 23.6 Å². The van der Waals surface area contributed by atoms with Gasteiger partial charge in [-0.1, -0.05) is 35.0 Å². The molecule has 4 heteroatoms. The Bertz CT molecular complexity index is 397. The van der Waals surface area contributed by atoms with E-state index in [9.17, 15) is 0 Å². The van der Waals surface area contributed by atoms with Crippen LogP contribution in [0, 0.1) is 0 Å². The Morgan fingerprint density at radius 1 is 1.50 bits per heavy atom. The summed E-state index contributed by atoms with van der Waals surface area (Å²) in [6.07, 6.45) is 1.14. The van der Waals surface area contributed by atoms with Crippen molar-refractivity contribution in [3.8, 4) is 0 Å². The number of hydrogen-bond acceptors (Lipinski definition) is 3. The van der Waals surface area contributed by atoms with E-state index in [1.54, 1.807) is 0 Å². The molecule has 1 aromatic rings. The lowest BCUT2D eigenvalue weighted by atomic mass is 10.1. The minimum Gasteiger partial charge on any atom is -0.378 e. The first-order chi connectivity index (χ1) is 8.74. The van der Waals surface area contributed by atoms with Crippen LogP contribution >= 0.6 is 15.9 Å². The zero-order valence-corrected chi connectivity index (χ0v) is 12.4. The lowest BCUT2D eigenvalue weighted by molar-refractivity contribution is -0.0128. The van der Waals surface area contributed by atoms with Crippen molar-refractivity contribution < 1.29 is 4.74 Å². The molecule has 18 heavy (non-hydrogen) atoms. The van der Waals surface area contributed by atoms with Gasteiger partial charge < -0.3 is 10.5 Å². The predicted molar refractivity (Wildman–Crippen MR) is 77.3 cm³/mol. The molecule has 3 nitrogen and oxygen atoms in total. The van der Waals surface area contributed by atoms with E-state index >= 15 is 0 Å². The van der Waals surface area contributed by atoms with Crippen LogP contribution in [0.4, 0.5) is 0 Å². The van der Waals surface area contributed by atoms with Crippen LogP contribution in [0.2, 0.25) is 0 Å². The third-order valence-electron chi connectivity index (χ3n) is 3.55. The van der Waals surface area contributed by atoms with Crippen molar-refractivity contribution in [1.29, 1.82) is 0 Å². The summed E-state index contributed by atoms with van der Waals surface area (Å²) in [6, 6.07) is 6.95. The molecule has 1 saturated heterocycles. The van der Waals surface area contributed by atoms with Crippen molar-refractivity contribution >= 4 is 15.9 Å². The lowest BCUT2D eigenvalue weighted by Gasteiger charge is -2.35. The highest BCUT2D eigenvalue weighted by atomic mass is 79.9. The Morgan fingerprint density at radius 3 is 3.00 bits per heavy atom. The molecule has 1 fully saturated rings. The summed E-state index contributed by atoms with van der Waals surface area (Å²) in [5.74, 6) is 0. The highest BCUT2D eigenvalue weighted by molar-refractivity contribution is 9.10. The first-order valence-corrected chi connectivity index (χ1v) is 7.33. The van der Waals surface area contributed by atoms with Crippen molar-refractivity contribution in [2.75, 3.05) is 19.8 Å². The van der Waals surface area contributed by atoms with Crippen LogP contribution in [0.1, 0.15) is 24.5 Å². The SMILES string of the molecule is CCC1COCCN1Cc1ccc(CN)cc1Br. The van der Waals surface area contributed by atoms with E-state index in [0.717, 1.165) is 37.2 Å². The molecule has 0 bridgehead atoms. The summed E-state index contributed by atoms with van der Waals surface area (Å²) >= 11 is 3.64. The van der Waals surface area contributed by atoms with Gasteiger partial charge in [-0.2, -0.15) is 0 Å². The average Bonchev–Trinajstić information content (AvgIpc) is 2.41. The van der Waals surface area contributed by atoms with E-state index in [0.29, 0.717) is 12.6 Å². The maximum Gasteiger partial charge on any atom is 0.0622 e. The number of rotatable bonds is 4. The van der Waals surface area contributed by atoms with Crippen LogP contribution in [0.15, 0.2) is 22.7 Å². The Kier molecular flexibility index (Phi) is 5.18.